The highest BCUT2D eigenvalue weighted by molar-refractivity contribution is 7.85. The average Bonchev–Trinajstić information content (AvgIpc) is 3.05. The maximum absolute atomic E-state index is 13.0. The van der Waals surface area contributed by atoms with Crippen LogP contribution in [0.1, 0.15) is 10.4 Å². The number of benzene rings is 1. The number of carbonyl (C=O) groups is 1. The Bertz CT molecular complexity index is 1040. The van der Waals surface area contributed by atoms with E-state index in [0.29, 0.717) is 41.0 Å². The number of amides is 1. The summed E-state index contributed by atoms with van der Waals surface area (Å²) in [6.45, 7) is 1.03. The molecule has 1 aliphatic heterocycles. The van der Waals surface area contributed by atoms with Gasteiger partial charge in [0.25, 0.3) is 5.91 Å². The number of hydrogen-bond acceptors (Lipinski definition) is 4. The first kappa shape index (κ1) is 20.6. The van der Waals surface area contributed by atoms with Gasteiger partial charge in [0.05, 0.1) is 11.1 Å². The van der Waals surface area contributed by atoms with Crippen LogP contribution in [0.5, 0.6) is 0 Å². The van der Waals surface area contributed by atoms with Crippen molar-refractivity contribution in [2.45, 2.75) is 0 Å². The van der Waals surface area contributed by atoms with Crippen molar-refractivity contribution in [1.29, 1.82) is 0 Å². The first-order valence-corrected chi connectivity index (χ1v) is 10.5. The number of carbonyl (C=O) groups excluding carboxylic acids is 1. The first-order valence-electron chi connectivity index (χ1n) is 8.64. The number of nitrogens with one attached hydrogen (secondary N) is 1. The van der Waals surface area contributed by atoms with Crippen LogP contribution in [-0.4, -0.2) is 49.2 Å². The topological polar surface area (TPSA) is 67.2 Å². The average molecular weight is 439 g/mol. The minimum Gasteiger partial charge on any atom is -0.350 e. The summed E-state index contributed by atoms with van der Waals surface area (Å²) in [5, 5.41) is 4.78. The number of aryl methyl sites for hydroxylation is 1. The number of rotatable bonds is 3. The molecule has 1 amide bonds. The third kappa shape index (κ3) is 4.01. The van der Waals surface area contributed by atoms with Gasteiger partial charge in [-0.25, -0.2) is 4.98 Å². The molecule has 9 heteroatoms. The molecule has 0 radical (unpaired) electrons. The Labute approximate surface area is 176 Å². The molecular weight excluding hydrogens is 419 g/mol. The van der Waals surface area contributed by atoms with E-state index in [1.165, 1.54) is 0 Å². The summed E-state index contributed by atoms with van der Waals surface area (Å²) < 4.78 is 13.5. The minimum atomic E-state index is -0.821. The normalized spacial score (nSPS) is 14.7. The van der Waals surface area contributed by atoms with E-state index in [9.17, 15) is 9.00 Å². The zero-order valence-electron chi connectivity index (χ0n) is 15.2. The fourth-order valence-electron chi connectivity index (χ4n) is 3.29. The summed E-state index contributed by atoms with van der Waals surface area (Å²) in [7, 11) is 1.09. The third-order valence-electron chi connectivity index (χ3n) is 4.69. The van der Waals surface area contributed by atoms with Gasteiger partial charge >= 0.3 is 0 Å². The molecule has 0 unspecified atom stereocenters. The van der Waals surface area contributed by atoms with Crippen LogP contribution in [0.2, 0.25) is 5.02 Å². The van der Waals surface area contributed by atoms with Crippen LogP contribution in [0.15, 0.2) is 42.7 Å². The lowest BCUT2D eigenvalue weighted by Crippen LogP contribution is -2.42. The van der Waals surface area contributed by atoms with Gasteiger partial charge in [0.1, 0.15) is 5.82 Å². The van der Waals surface area contributed by atoms with Gasteiger partial charge in [0, 0.05) is 70.9 Å². The van der Waals surface area contributed by atoms with Gasteiger partial charge in [-0.15, -0.1) is 12.4 Å². The number of halogens is 2. The zero-order valence-corrected chi connectivity index (χ0v) is 17.6. The van der Waals surface area contributed by atoms with Crippen molar-refractivity contribution in [3.05, 3.63) is 53.3 Å². The van der Waals surface area contributed by atoms with Crippen molar-refractivity contribution in [1.82, 2.24) is 14.5 Å². The Morgan fingerprint density at radius 1 is 1.25 bits per heavy atom. The van der Waals surface area contributed by atoms with Gasteiger partial charge < -0.3 is 14.8 Å². The number of hydrogen-bond donors (Lipinski definition) is 1. The number of nitrogens with zero attached hydrogens (tertiary/aromatic N) is 3. The van der Waals surface area contributed by atoms with Gasteiger partial charge in [0.15, 0.2) is 0 Å². The number of anilines is 2. The van der Waals surface area contributed by atoms with Crippen molar-refractivity contribution < 1.29 is 9.00 Å². The third-order valence-corrected chi connectivity index (χ3v) is 6.20. The van der Waals surface area contributed by atoms with Crippen LogP contribution in [-0.2, 0) is 17.8 Å². The molecule has 1 aliphatic rings. The highest BCUT2D eigenvalue weighted by Crippen LogP contribution is 2.29. The van der Waals surface area contributed by atoms with E-state index in [4.69, 9.17) is 11.6 Å². The zero-order chi connectivity index (χ0) is 19.0. The van der Waals surface area contributed by atoms with Gasteiger partial charge in [0.2, 0.25) is 0 Å². The molecule has 3 heterocycles. The SMILES string of the molecule is Cl.Cn1ccc2c(Nc3cccc(Cl)c3)ncc(C(=O)N3CCS(=O)CC3)c21. The van der Waals surface area contributed by atoms with E-state index >= 15 is 0 Å². The molecule has 0 atom stereocenters. The monoisotopic (exact) mass is 438 g/mol. The summed E-state index contributed by atoms with van der Waals surface area (Å²) in [5.74, 6) is 1.66. The molecular formula is C19H20Cl2N4O2S. The number of aromatic nitrogens is 2. The lowest BCUT2D eigenvalue weighted by Gasteiger charge is -2.26. The van der Waals surface area contributed by atoms with E-state index in [2.05, 4.69) is 10.3 Å². The molecule has 1 N–H and O–H groups in total. The van der Waals surface area contributed by atoms with Crippen molar-refractivity contribution >= 4 is 63.1 Å². The second-order valence-electron chi connectivity index (χ2n) is 6.49. The van der Waals surface area contributed by atoms with Crippen molar-refractivity contribution in [3.63, 3.8) is 0 Å². The van der Waals surface area contributed by atoms with E-state index in [1.807, 2.05) is 48.1 Å². The standard InChI is InChI=1S/C19H19ClN4O2S.ClH/c1-23-6-5-15-17(23)16(19(25)24-7-9-27(26)10-8-24)12-21-18(15)22-14-4-2-3-13(20)11-14;/h2-6,11-12H,7-10H2,1H3,(H,21,22);1H. The predicted octanol–water partition coefficient (Wildman–Crippen LogP) is 3.60. The molecule has 148 valence electrons. The van der Waals surface area contributed by atoms with Gasteiger partial charge in [-0.3, -0.25) is 9.00 Å². The first-order chi connectivity index (χ1) is 13.0. The fourth-order valence-corrected chi connectivity index (χ4v) is 4.53. The second kappa shape index (κ2) is 8.51. The largest absolute Gasteiger partial charge is 0.350 e. The summed E-state index contributed by atoms with van der Waals surface area (Å²) >= 11 is 6.06. The quantitative estimate of drug-likeness (QED) is 0.678. The molecule has 1 fully saturated rings. The van der Waals surface area contributed by atoms with E-state index in [1.54, 1.807) is 11.1 Å². The van der Waals surface area contributed by atoms with Crippen LogP contribution in [0.4, 0.5) is 11.5 Å². The molecule has 0 aliphatic carbocycles. The molecule has 0 saturated carbocycles. The van der Waals surface area contributed by atoms with Crippen LogP contribution in [0, 0.1) is 0 Å². The van der Waals surface area contributed by atoms with E-state index in [0.717, 1.165) is 16.6 Å². The minimum absolute atomic E-state index is 0. The van der Waals surface area contributed by atoms with Gasteiger partial charge in [-0.05, 0) is 24.3 Å². The Balaban J connectivity index is 0.00000225. The van der Waals surface area contributed by atoms with E-state index < -0.39 is 10.8 Å². The smallest absolute Gasteiger partial charge is 0.257 e. The van der Waals surface area contributed by atoms with Crippen LogP contribution in [0.25, 0.3) is 10.9 Å². The molecule has 1 aromatic carbocycles. The fraction of sp³-hybridized carbons (Fsp3) is 0.263. The Kier molecular flexibility index (Phi) is 6.27. The summed E-state index contributed by atoms with van der Waals surface area (Å²) in [5.41, 5.74) is 2.21. The van der Waals surface area contributed by atoms with Crippen molar-refractivity contribution in [2.75, 3.05) is 29.9 Å². The second-order valence-corrected chi connectivity index (χ2v) is 8.62. The highest BCUT2D eigenvalue weighted by atomic mass is 35.5. The van der Waals surface area contributed by atoms with Crippen LogP contribution < -0.4 is 5.32 Å². The van der Waals surface area contributed by atoms with E-state index in [-0.39, 0.29) is 18.3 Å². The molecule has 2 aromatic heterocycles. The molecule has 4 rings (SSSR count). The molecule has 3 aromatic rings. The molecule has 0 spiro atoms. The lowest BCUT2D eigenvalue weighted by molar-refractivity contribution is 0.0772. The van der Waals surface area contributed by atoms with Crippen LogP contribution in [0.3, 0.4) is 0 Å². The maximum Gasteiger partial charge on any atom is 0.257 e. The Hall–Kier alpha value is -2.09. The number of fused-ring (bicyclic) bond motifs is 1. The molecule has 28 heavy (non-hydrogen) atoms. The summed E-state index contributed by atoms with van der Waals surface area (Å²) in [4.78, 5) is 19.3. The summed E-state index contributed by atoms with van der Waals surface area (Å²) in [6.07, 6.45) is 3.53. The van der Waals surface area contributed by atoms with Crippen molar-refractivity contribution in [3.8, 4) is 0 Å². The van der Waals surface area contributed by atoms with Crippen molar-refractivity contribution in [2.24, 2.45) is 7.05 Å². The molecule has 1 saturated heterocycles. The maximum atomic E-state index is 13.0. The predicted molar refractivity (Wildman–Crippen MR) is 116 cm³/mol. The highest BCUT2D eigenvalue weighted by Gasteiger charge is 2.24. The molecule has 6 nitrogen and oxygen atoms in total. The Morgan fingerprint density at radius 2 is 2.00 bits per heavy atom. The van der Waals surface area contributed by atoms with Gasteiger partial charge in [-0.1, -0.05) is 17.7 Å². The Morgan fingerprint density at radius 3 is 2.71 bits per heavy atom. The van der Waals surface area contributed by atoms with Crippen LogP contribution >= 0.6 is 24.0 Å². The van der Waals surface area contributed by atoms with Gasteiger partial charge in [-0.2, -0.15) is 0 Å². The lowest BCUT2D eigenvalue weighted by atomic mass is 10.1. The molecule has 0 bridgehead atoms. The summed E-state index contributed by atoms with van der Waals surface area (Å²) in [6, 6.07) is 9.36. The number of pyridine rings is 1.